The van der Waals surface area contributed by atoms with Crippen LogP contribution >= 0.6 is 23.0 Å². The summed E-state index contributed by atoms with van der Waals surface area (Å²) in [4.78, 5) is 22.0. The minimum Gasteiger partial charge on any atom is -0.438 e. The van der Waals surface area contributed by atoms with E-state index in [1.54, 1.807) is 23.0 Å². The van der Waals surface area contributed by atoms with Gasteiger partial charge in [0.25, 0.3) is 0 Å². The Morgan fingerprint density at radius 3 is 2.27 bits per heavy atom. The molecule has 0 bridgehead atoms. The van der Waals surface area contributed by atoms with E-state index in [0.717, 1.165) is 0 Å². The molecular formula is C9H13IO5. The second-order valence-electron chi connectivity index (χ2n) is 3.44. The SMILES string of the molecule is COC(=O)OC1CCC(C(=O)OI)CC1. The van der Waals surface area contributed by atoms with Crippen LogP contribution in [0.15, 0.2) is 0 Å². The quantitative estimate of drug-likeness (QED) is 0.575. The molecular weight excluding hydrogens is 315 g/mol. The van der Waals surface area contributed by atoms with E-state index in [-0.39, 0.29) is 18.0 Å². The molecule has 0 unspecified atom stereocenters. The molecule has 0 radical (unpaired) electrons. The van der Waals surface area contributed by atoms with Crippen molar-refractivity contribution in [2.75, 3.05) is 7.11 Å². The van der Waals surface area contributed by atoms with Crippen LogP contribution in [0.3, 0.4) is 0 Å². The van der Waals surface area contributed by atoms with E-state index in [9.17, 15) is 9.59 Å². The van der Waals surface area contributed by atoms with Gasteiger partial charge in [-0.2, -0.15) is 0 Å². The van der Waals surface area contributed by atoms with Crippen molar-refractivity contribution >= 4 is 35.1 Å². The number of methoxy groups -OCH3 is 1. The molecule has 1 aliphatic carbocycles. The fourth-order valence-electron chi connectivity index (χ4n) is 1.66. The highest BCUT2D eigenvalue weighted by Crippen LogP contribution is 2.27. The summed E-state index contributed by atoms with van der Waals surface area (Å²) in [5.74, 6) is -0.244. The predicted molar refractivity (Wildman–Crippen MR) is 59.3 cm³/mol. The van der Waals surface area contributed by atoms with Gasteiger partial charge in [0.2, 0.25) is 0 Å². The van der Waals surface area contributed by atoms with Gasteiger partial charge in [-0.1, -0.05) is 0 Å². The smallest absolute Gasteiger partial charge is 0.438 e. The first-order valence-corrected chi connectivity index (χ1v) is 5.62. The maximum atomic E-state index is 11.2. The van der Waals surface area contributed by atoms with Crippen molar-refractivity contribution in [3.05, 3.63) is 0 Å². The molecule has 86 valence electrons. The van der Waals surface area contributed by atoms with Gasteiger partial charge in [-0.3, -0.25) is 4.79 Å². The van der Waals surface area contributed by atoms with Gasteiger partial charge in [0, 0.05) is 0 Å². The van der Waals surface area contributed by atoms with E-state index < -0.39 is 6.16 Å². The van der Waals surface area contributed by atoms with E-state index in [1.165, 1.54) is 7.11 Å². The van der Waals surface area contributed by atoms with Crippen molar-refractivity contribution in [3.8, 4) is 0 Å². The van der Waals surface area contributed by atoms with Crippen LogP contribution in [0.5, 0.6) is 0 Å². The molecule has 0 spiro atoms. The molecule has 0 aromatic carbocycles. The molecule has 0 aromatic heterocycles. The molecule has 1 aliphatic rings. The number of carbonyl (C=O) groups excluding carboxylic acids is 2. The van der Waals surface area contributed by atoms with E-state index >= 15 is 0 Å². The van der Waals surface area contributed by atoms with Gasteiger partial charge in [0.15, 0.2) is 23.0 Å². The Labute approximate surface area is 102 Å². The fraction of sp³-hybridized carbons (Fsp3) is 0.778. The molecule has 0 amide bonds. The Morgan fingerprint density at radius 1 is 1.20 bits per heavy atom. The lowest BCUT2D eigenvalue weighted by Gasteiger charge is -2.25. The van der Waals surface area contributed by atoms with Crippen LogP contribution in [0.1, 0.15) is 25.7 Å². The van der Waals surface area contributed by atoms with Crippen LogP contribution in [0.4, 0.5) is 4.79 Å². The van der Waals surface area contributed by atoms with Crippen LogP contribution in [-0.2, 0) is 17.3 Å². The molecule has 1 saturated carbocycles. The minimum atomic E-state index is -0.657. The van der Waals surface area contributed by atoms with Gasteiger partial charge < -0.3 is 12.5 Å². The number of halogens is 1. The van der Waals surface area contributed by atoms with E-state index in [0.29, 0.717) is 25.7 Å². The summed E-state index contributed by atoms with van der Waals surface area (Å²) >= 11 is 1.59. The molecule has 1 rings (SSSR count). The summed E-state index contributed by atoms with van der Waals surface area (Å²) in [5.41, 5.74) is 0. The average molecular weight is 328 g/mol. The number of hydrogen-bond donors (Lipinski definition) is 0. The van der Waals surface area contributed by atoms with E-state index in [1.807, 2.05) is 0 Å². The number of hydrogen-bond acceptors (Lipinski definition) is 5. The number of rotatable bonds is 2. The minimum absolute atomic E-state index is 0.0561. The highest BCUT2D eigenvalue weighted by Gasteiger charge is 2.29. The van der Waals surface area contributed by atoms with Gasteiger partial charge in [0.1, 0.15) is 6.10 Å². The Balaban J connectivity index is 2.29. The van der Waals surface area contributed by atoms with Crippen molar-refractivity contribution in [2.45, 2.75) is 31.8 Å². The Kier molecular flexibility index (Phi) is 5.13. The topological polar surface area (TPSA) is 61.8 Å². The second kappa shape index (κ2) is 6.14. The first-order chi connectivity index (χ1) is 7.17. The zero-order chi connectivity index (χ0) is 11.3. The van der Waals surface area contributed by atoms with Gasteiger partial charge in [-0.05, 0) is 25.7 Å². The molecule has 15 heavy (non-hydrogen) atoms. The lowest BCUT2D eigenvalue weighted by atomic mass is 9.87. The van der Waals surface area contributed by atoms with Crippen LogP contribution < -0.4 is 0 Å². The number of carbonyl (C=O) groups is 2. The second-order valence-corrected chi connectivity index (χ2v) is 3.88. The average Bonchev–Trinajstić information content (AvgIpc) is 2.29. The zero-order valence-corrected chi connectivity index (χ0v) is 10.6. The van der Waals surface area contributed by atoms with Gasteiger partial charge >= 0.3 is 12.1 Å². The third kappa shape index (κ3) is 3.84. The summed E-state index contributed by atoms with van der Waals surface area (Å²) in [6.45, 7) is 0. The summed E-state index contributed by atoms with van der Waals surface area (Å²) in [6.07, 6.45) is 1.98. The molecule has 0 saturated heterocycles. The maximum absolute atomic E-state index is 11.2. The largest absolute Gasteiger partial charge is 0.508 e. The first-order valence-electron chi connectivity index (χ1n) is 4.74. The van der Waals surface area contributed by atoms with Crippen LogP contribution in [-0.4, -0.2) is 25.3 Å². The summed E-state index contributed by atoms with van der Waals surface area (Å²) in [7, 11) is 1.28. The first kappa shape index (κ1) is 12.5. The molecule has 5 nitrogen and oxygen atoms in total. The Morgan fingerprint density at radius 2 is 1.80 bits per heavy atom. The summed E-state index contributed by atoms with van der Waals surface area (Å²) in [5, 5.41) is 0. The molecule has 1 fully saturated rings. The normalized spacial score (nSPS) is 25.5. The third-order valence-electron chi connectivity index (χ3n) is 2.51. The van der Waals surface area contributed by atoms with E-state index in [2.05, 4.69) is 7.80 Å². The van der Waals surface area contributed by atoms with Crippen molar-refractivity contribution < 1.29 is 22.1 Å². The molecule has 6 heteroatoms. The summed E-state index contributed by atoms with van der Waals surface area (Å²) in [6, 6.07) is 0. The van der Waals surface area contributed by atoms with Crippen LogP contribution in [0, 0.1) is 5.92 Å². The zero-order valence-electron chi connectivity index (χ0n) is 8.40. The van der Waals surface area contributed by atoms with Gasteiger partial charge in [0.05, 0.1) is 13.0 Å². The highest BCUT2D eigenvalue weighted by molar-refractivity contribution is 14.1. The monoisotopic (exact) mass is 328 g/mol. The Hall–Kier alpha value is -0.530. The lowest BCUT2D eigenvalue weighted by molar-refractivity contribution is -0.137. The molecule has 0 aliphatic heterocycles. The van der Waals surface area contributed by atoms with Crippen molar-refractivity contribution in [2.24, 2.45) is 5.92 Å². The fourth-order valence-corrected chi connectivity index (χ4v) is 2.02. The highest BCUT2D eigenvalue weighted by atomic mass is 127. The molecule has 0 aromatic rings. The van der Waals surface area contributed by atoms with Crippen molar-refractivity contribution in [1.29, 1.82) is 0 Å². The Bertz CT molecular complexity index is 235. The standard InChI is InChI=1S/C9H13IO5/c1-13-9(12)14-7-4-2-6(3-5-7)8(11)15-10/h6-7H,2-5H2,1H3. The lowest BCUT2D eigenvalue weighted by Crippen LogP contribution is -2.28. The van der Waals surface area contributed by atoms with Gasteiger partial charge in [-0.15, -0.1) is 0 Å². The summed E-state index contributed by atoms with van der Waals surface area (Å²) < 4.78 is 14.0. The maximum Gasteiger partial charge on any atom is 0.508 e. The van der Waals surface area contributed by atoms with Crippen LogP contribution in [0.25, 0.3) is 0 Å². The predicted octanol–water partition coefficient (Wildman–Crippen LogP) is 2.22. The molecule has 0 atom stereocenters. The molecule has 0 N–H and O–H groups in total. The number of ether oxygens (including phenoxy) is 2. The molecule has 0 heterocycles. The van der Waals surface area contributed by atoms with E-state index in [4.69, 9.17) is 4.74 Å². The van der Waals surface area contributed by atoms with Gasteiger partial charge in [-0.25, -0.2) is 4.79 Å². The van der Waals surface area contributed by atoms with Crippen LogP contribution in [0.2, 0.25) is 0 Å². The third-order valence-corrected chi connectivity index (χ3v) is 2.95. The van der Waals surface area contributed by atoms with Crippen molar-refractivity contribution in [1.82, 2.24) is 0 Å². The van der Waals surface area contributed by atoms with Crippen molar-refractivity contribution in [3.63, 3.8) is 0 Å².